The summed E-state index contributed by atoms with van der Waals surface area (Å²) in [7, 11) is 0. The molecule has 0 saturated carbocycles. The zero-order valence-corrected chi connectivity index (χ0v) is 14.5. The minimum Gasteiger partial charge on any atom is -0.351 e. The average Bonchev–Trinajstić information content (AvgIpc) is 3.34. The van der Waals surface area contributed by atoms with E-state index >= 15 is 0 Å². The number of anilines is 1. The first-order valence-electron chi connectivity index (χ1n) is 9.23. The number of H-pyrrole nitrogens is 1. The molecule has 6 nitrogen and oxygen atoms in total. The van der Waals surface area contributed by atoms with Crippen LogP contribution in [0.5, 0.6) is 0 Å². The van der Waals surface area contributed by atoms with Gasteiger partial charge in [0.1, 0.15) is 17.8 Å². The van der Waals surface area contributed by atoms with Crippen molar-refractivity contribution < 1.29 is 4.79 Å². The molecule has 0 radical (unpaired) electrons. The molecule has 0 aliphatic carbocycles. The Labute approximate surface area is 151 Å². The average molecular weight is 347 g/mol. The van der Waals surface area contributed by atoms with Crippen molar-refractivity contribution in [2.24, 2.45) is 0 Å². The highest BCUT2D eigenvalue weighted by atomic mass is 16.2. The van der Waals surface area contributed by atoms with E-state index in [1.165, 1.54) is 0 Å². The molecule has 2 fully saturated rings. The summed E-state index contributed by atoms with van der Waals surface area (Å²) < 4.78 is 0. The molecule has 132 valence electrons. The second-order valence-corrected chi connectivity index (χ2v) is 7.06. The Balaban J connectivity index is 1.46. The Morgan fingerprint density at radius 3 is 2.81 bits per heavy atom. The molecule has 2 saturated heterocycles. The van der Waals surface area contributed by atoms with Gasteiger partial charge in [-0.05, 0) is 37.5 Å². The summed E-state index contributed by atoms with van der Waals surface area (Å²) in [4.78, 5) is 29.5. The molecule has 0 bridgehead atoms. The number of aromatic amines is 1. The fourth-order valence-corrected chi connectivity index (χ4v) is 4.53. The largest absolute Gasteiger partial charge is 0.351 e. The van der Waals surface area contributed by atoms with Crippen molar-refractivity contribution in [3.05, 3.63) is 54.5 Å². The van der Waals surface area contributed by atoms with Crippen molar-refractivity contribution >= 4 is 22.8 Å². The van der Waals surface area contributed by atoms with Gasteiger partial charge in [0.05, 0.1) is 17.5 Å². The summed E-state index contributed by atoms with van der Waals surface area (Å²) in [6.45, 7) is 1.76. The van der Waals surface area contributed by atoms with Crippen molar-refractivity contribution in [2.45, 2.75) is 31.3 Å². The summed E-state index contributed by atoms with van der Waals surface area (Å²) in [6, 6.07) is 12.2. The third-order valence-electron chi connectivity index (χ3n) is 5.70. The number of nitrogens with zero attached hydrogens (tertiary/aromatic N) is 4. The van der Waals surface area contributed by atoms with Gasteiger partial charge < -0.3 is 14.8 Å². The molecule has 3 aromatic rings. The lowest BCUT2D eigenvalue weighted by atomic mass is 9.95. The minimum atomic E-state index is 0.150. The van der Waals surface area contributed by atoms with E-state index in [1.807, 2.05) is 42.6 Å². The van der Waals surface area contributed by atoms with Crippen LogP contribution < -0.4 is 4.90 Å². The van der Waals surface area contributed by atoms with Gasteiger partial charge in [-0.25, -0.2) is 9.97 Å². The quantitative estimate of drug-likeness (QED) is 0.774. The van der Waals surface area contributed by atoms with E-state index in [0.29, 0.717) is 6.04 Å². The number of piperidine rings is 1. The number of carbonyl (C=O) groups is 1. The zero-order valence-electron chi connectivity index (χ0n) is 14.5. The summed E-state index contributed by atoms with van der Waals surface area (Å²) in [5.41, 5.74) is 1.65. The zero-order chi connectivity index (χ0) is 17.5. The maximum absolute atomic E-state index is 13.0. The van der Waals surface area contributed by atoms with E-state index in [1.54, 1.807) is 6.33 Å². The lowest BCUT2D eigenvalue weighted by Crippen LogP contribution is -2.52. The highest BCUT2D eigenvalue weighted by Crippen LogP contribution is 2.36. The fourth-order valence-electron chi connectivity index (χ4n) is 4.53. The monoisotopic (exact) mass is 347 g/mol. The molecule has 1 N–H and O–H groups in total. The molecule has 1 amide bonds. The van der Waals surface area contributed by atoms with Crippen molar-refractivity contribution in [2.75, 3.05) is 18.0 Å². The number of aromatic nitrogens is 3. The molecule has 0 spiro atoms. The van der Waals surface area contributed by atoms with Gasteiger partial charge >= 0.3 is 0 Å². The third kappa shape index (κ3) is 2.36. The second-order valence-electron chi connectivity index (χ2n) is 7.06. The highest BCUT2D eigenvalue weighted by molar-refractivity contribution is 5.94. The van der Waals surface area contributed by atoms with Crippen LogP contribution in [0.1, 0.15) is 29.6 Å². The Morgan fingerprint density at radius 2 is 1.92 bits per heavy atom. The van der Waals surface area contributed by atoms with Gasteiger partial charge in [-0.15, -0.1) is 0 Å². The lowest BCUT2D eigenvalue weighted by Gasteiger charge is -2.40. The van der Waals surface area contributed by atoms with E-state index in [2.05, 4.69) is 24.8 Å². The van der Waals surface area contributed by atoms with Crippen LogP contribution in [0, 0.1) is 0 Å². The topological polar surface area (TPSA) is 65.1 Å². The Bertz CT molecular complexity index is 938. The number of amides is 1. The predicted octanol–water partition coefficient (Wildman–Crippen LogP) is 2.84. The first-order valence-corrected chi connectivity index (χ1v) is 9.23. The van der Waals surface area contributed by atoms with Crippen LogP contribution in [0.15, 0.2) is 48.9 Å². The van der Waals surface area contributed by atoms with Crippen molar-refractivity contribution in [3.8, 4) is 0 Å². The van der Waals surface area contributed by atoms with E-state index in [-0.39, 0.29) is 11.9 Å². The summed E-state index contributed by atoms with van der Waals surface area (Å²) in [6.07, 6.45) is 6.63. The van der Waals surface area contributed by atoms with Crippen LogP contribution >= 0.6 is 0 Å². The van der Waals surface area contributed by atoms with Crippen molar-refractivity contribution in [3.63, 3.8) is 0 Å². The minimum absolute atomic E-state index is 0.150. The summed E-state index contributed by atoms with van der Waals surface area (Å²) in [5, 5.41) is 1.06. The van der Waals surface area contributed by atoms with Gasteiger partial charge in [0.25, 0.3) is 5.91 Å². The number of rotatable bonds is 2. The number of nitrogens with one attached hydrogen (secondary N) is 1. The van der Waals surface area contributed by atoms with E-state index < -0.39 is 0 Å². The molecule has 2 atom stereocenters. The van der Waals surface area contributed by atoms with E-state index in [0.717, 1.165) is 54.8 Å². The molecule has 0 unspecified atom stereocenters. The molecule has 1 aromatic carbocycles. The maximum Gasteiger partial charge on any atom is 0.254 e. The molecular weight excluding hydrogens is 326 g/mol. The van der Waals surface area contributed by atoms with Gasteiger partial charge in [-0.2, -0.15) is 0 Å². The van der Waals surface area contributed by atoms with Gasteiger partial charge in [-0.1, -0.05) is 18.2 Å². The van der Waals surface area contributed by atoms with Crippen LogP contribution in [0.4, 0.5) is 5.82 Å². The predicted molar refractivity (Wildman–Crippen MR) is 100 cm³/mol. The normalized spacial score (nSPS) is 22.6. The molecule has 2 aromatic heterocycles. The first-order chi connectivity index (χ1) is 12.8. The van der Waals surface area contributed by atoms with Crippen LogP contribution in [-0.2, 0) is 0 Å². The fraction of sp³-hybridized carbons (Fsp3) is 0.350. The number of benzene rings is 1. The molecule has 26 heavy (non-hydrogen) atoms. The van der Waals surface area contributed by atoms with Crippen LogP contribution in [0.2, 0.25) is 0 Å². The standard InChI is InChI=1S/C20H21N5O/c26-20(14-5-2-1-3-6-14)25-11-4-7-16-17(25)9-12-24(16)19-15-8-10-21-18(15)22-13-23-19/h1-3,5-6,8,10,13,16-17H,4,7,9,11-12H2,(H,21,22,23)/t16-,17-/m1/s1. The molecular formula is C20H21N5O. The Kier molecular flexibility index (Phi) is 3.62. The smallest absolute Gasteiger partial charge is 0.254 e. The third-order valence-corrected chi connectivity index (χ3v) is 5.70. The van der Waals surface area contributed by atoms with Crippen LogP contribution in [0.25, 0.3) is 11.0 Å². The maximum atomic E-state index is 13.0. The van der Waals surface area contributed by atoms with E-state index in [4.69, 9.17) is 0 Å². The highest BCUT2D eigenvalue weighted by Gasteiger charge is 2.43. The summed E-state index contributed by atoms with van der Waals surface area (Å²) in [5.74, 6) is 1.13. The van der Waals surface area contributed by atoms with E-state index in [9.17, 15) is 4.79 Å². The number of hydrogen-bond acceptors (Lipinski definition) is 4. The molecule has 6 heteroatoms. The number of fused-ring (bicyclic) bond motifs is 2. The molecule has 5 rings (SSSR count). The SMILES string of the molecule is O=C(c1ccccc1)N1CCC[C@@H]2[C@H]1CCN2c1ncnc2[nH]ccc12. The van der Waals surface area contributed by atoms with Gasteiger partial charge in [0.15, 0.2) is 0 Å². The Morgan fingerprint density at radius 1 is 1.04 bits per heavy atom. The molecule has 4 heterocycles. The number of carbonyl (C=O) groups excluding carboxylic acids is 1. The van der Waals surface area contributed by atoms with Crippen LogP contribution in [0.3, 0.4) is 0 Å². The second kappa shape index (κ2) is 6.12. The Hall–Kier alpha value is -2.89. The number of likely N-dealkylation sites (tertiary alicyclic amines) is 1. The lowest BCUT2D eigenvalue weighted by molar-refractivity contribution is 0.0608. The van der Waals surface area contributed by atoms with Gasteiger partial charge in [0, 0.05) is 24.8 Å². The number of hydrogen-bond donors (Lipinski definition) is 1. The molecule has 2 aliphatic rings. The van der Waals surface area contributed by atoms with Crippen molar-refractivity contribution in [1.29, 1.82) is 0 Å². The summed E-state index contributed by atoms with van der Waals surface area (Å²) >= 11 is 0. The van der Waals surface area contributed by atoms with Crippen molar-refractivity contribution in [1.82, 2.24) is 19.9 Å². The molecule has 2 aliphatic heterocycles. The van der Waals surface area contributed by atoms with Gasteiger partial charge in [-0.3, -0.25) is 4.79 Å². The first kappa shape index (κ1) is 15.4. The van der Waals surface area contributed by atoms with Gasteiger partial charge in [0.2, 0.25) is 0 Å². The van der Waals surface area contributed by atoms with Crippen LogP contribution in [-0.4, -0.2) is 50.9 Å².